The Bertz CT molecular complexity index is 290. The number of hydrogen-bond donors (Lipinski definition) is 1. The molecule has 19 heavy (non-hydrogen) atoms. The Balaban J connectivity index is 2.81. The lowest BCUT2D eigenvalue weighted by Gasteiger charge is -2.37. The lowest BCUT2D eigenvalue weighted by Crippen LogP contribution is -2.52. The van der Waals surface area contributed by atoms with Crippen LogP contribution in [0.2, 0.25) is 0 Å². The summed E-state index contributed by atoms with van der Waals surface area (Å²) in [5.74, 6) is 0. The van der Waals surface area contributed by atoms with Gasteiger partial charge in [-0.2, -0.15) is 0 Å². The zero-order valence-corrected chi connectivity index (χ0v) is 13.4. The van der Waals surface area contributed by atoms with E-state index >= 15 is 0 Å². The van der Waals surface area contributed by atoms with E-state index in [1.54, 1.807) is 0 Å². The first-order valence-corrected chi connectivity index (χ1v) is 7.08. The van der Waals surface area contributed by atoms with Gasteiger partial charge in [-0.05, 0) is 48.5 Å². The van der Waals surface area contributed by atoms with Crippen molar-refractivity contribution in [2.45, 2.75) is 83.9 Å². The maximum absolute atomic E-state index is 9.81. The van der Waals surface area contributed by atoms with E-state index in [2.05, 4.69) is 0 Å². The summed E-state index contributed by atoms with van der Waals surface area (Å²) < 4.78 is 17.9. The van der Waals surface area contributed by atoms with Crippen LogP contribution in [0.3, 0.4) is 0 Å². The molecular weight excluding hydrogens is 244 g/mol. The molecule has 3 atom stereocenters. The Labute approximate surface area is 117 Å². The molecule has 4 heteroatoms. The molecule has 0 aliphatic carbocycles. The van der Waals surface area contributed by atoms with E-state index in [1.165, 1.54) is 0 Å². The second kappa shape index (κ2) is 5.68. The molecule has 0 aromatic heterocycles. The molecule has 1 fully saturated rings. The highest BCUT2D eigenvalue weighted by atomic mass is 16.6. The van der Waals surface area contributed by atoms with Gasteiger partial charge in [0.1, 0.15) is 5.60 Å². The number of aliphatic hydroxyl groups excluding tert-OH is 1. The topological polar surface area (TPSA) is 47.9 Å². The molecule has 0 aromatic rings. The molecule has 1 heterocycles. The first-order chi connectivity index (χ1) is 8.47. The molecule has 0 saturated carbocycles. The Hall–Kier alpha value is -0.160. The zero-order chi connectivity index (χ0) is 14.9. The summed E-state index contributed by atoms with van der Waals surface area (Å²) in [7, 11) is 0. The third-order valence-electron chi connectivity index (χ3n) is 3.08. The van der Waals surface area contributed by atoms with E-state index in [1.807, 2.05) is 48.5 Å². The quantitative estimate of drug-likeness (QED) is 0.856. The maximum atomic E-state index is 9.81. The van der Waals surface area contributed by atoms with Gasteiger partial charge in [-0.3, -0.25) is 0 Å². The smallest absolute Gasteiger partial charge is 0.141 e. The predicted molar refractivity (Wildman–Crippen MR) is 75.3 cm³/mol. The first-order valence-electron chi connectivity index (χ1n) is 7.08. The van der Waals surface area contributed by atoms with Crippen LogP contribution in [-0.2, 0) is 14.2 Å². The maximum Gasteiger partial charge on any atom is 0.141 e. The van der Waals surface area contributed by atoms with Gasteiger partial charge in [-0.15, -0.1) is 0 Å². The monoisotopic (exact) mass is 274 g/mol. The Morgan fingerprint density at radius 3 is 2.16 bits per heavy atom. The third-order valence-corrected chi connectivity index (χ3v) is 3.08. The minimum absolute atomic E-state index is 0.0723. The van der Waals surface area contributed by atoms with E-state index in [-0.39, 0.29) is 30.0 Å². The first kappa shape index (κ1) is 16.9. The van der Waals surface area contributed by atoms with Gasteiger partial charge in [0.2, 0.25) is 0 Å². The Morgan fingerprint density at radius 2 is 1.74 bits per heavy atom. The fraction of sp³-hybridized carbons (Fsp3) is 1.00. The molecule has 0 spiro atoms. The van der Waals surface area contributed by atoms with Crippen molar-refractivity contribution in [2.75, 3.05) is 13.2 Å². The predicted octanol–water partition coefficient (Wildman–Crippen LogP) is 2.53. The van der Waals surface area contributed by atoms with Gasteiger partial charge in [0.05, 0.1) is 36.6 Å². The summed E-state index contributed by atoms with van der Waals surface area (Å²) in [4.78, 5) is 0. The standard InChI is InChI=1S/C15H30O4/c1-11-8-12(19-14(5,6)7)15(9-16,18-11)10-17-13(2,3)4/h11-12,16H,8-10H2,1-7H3/t11-,12?,15+/m0/s1. The average molecular weight is 274 g/mol. The van der Waals surface area contributed by atoms with Crippen LogP contribution in [0, 0.1) is 0 Å². The summed E-state index contributed by atoms with van der Waals surface area (Å²) >= 11 is 0. The van der Waals surface area contributed by atoms with Gasteiger partial charge in [0.25, 0.3) is 0 Å². The van der Waals surface area contributed by atoms with E-state index in [4.69, 9.17) is 14.2 Å². The molecule has 1 N–H and O–H groups in total. The van der Waals surface area contributed by atoms with Crippen molar-refractivity contribution in [3.63, 3.8) is 0 Å². The van der Waals surface area contributed by atoms with Crippen molar-refractivity contribution in [1.82, 2.24) is 0 Å². The summed E-state index contributed by atoms with van der Waals surface area (Å²) in [6.45, 7) is 14.3. The van der Waals surface area contributed by atoms with Crippen LogP contribution in [0.4, 0.5) is 0 Å². The van der Waals surface area contributed by atoms with E-state index in [0.29, 0.717) is 6.61 Å². The third kappa shape index (κ3) is 5.03. The lowest BCUT2D eigenvalue weighted by atomic mass is 9.96. The summed E-state index contributed by atoms with van der Waals surface area (Å²) in [5.41, 5.74) is -1.27. The minimum Gasteiger partial charge on any atom is -0.393 e. The highest BCUT2D eigenvalue weighted by molar-refractivity contribution is 4.98. The number of ether oxygens (including phenoxy) is 3. The van der Waals surface area contributed by atoms with E-state index in [9.17, 15) is 5.11 Å². The molecule has 0 radical (unpaired) electrons. The molecular formula is C15H30O4. The zero-order valence-electron chi connectivity index (χ0n) is 13.4. The highest BCUT2D eigenvalue weighted by Crippen LogP contribution is 2.36. The SMILES string of the molecule is C[C@H]1CC(OC(C)(C)C)[C@@](CO)(COC(C)(C)C)O1. The number of hydrogen-bond acceptors (Lipinski definition) is 4. The van der Waals surface area contributed by atoms with Crippen molar-refractivity contribution >= 4 is 0 Å². The van der Waals surface area contributed by atoms with Crippen molar-refractivity contribution in [3.05, 3.63) is 0 Å². The van der Waals surface area contributed by atoms with E-state index < -0.39 is 5.60 Å². The summed E-state index contributed by atoms with van der Waals surface area (Å²) in [6, 6.07) is 0. The van der Waals surface area contributed by atoms with Crippen LogP contribution in [0.5, 0.6) is 0 Å². The van der Waals surface area contributed by atoms with Gasteiger partial charge in [-0.1, -0.05) is 0 Å². The van der Waals surface area contributed by atoms with Crippen LogP contribution >= 0.6 is 0 Å². The van der Waals surface area contributed by atoms with Crippen LogP contribution in [-0.4, -0.2) is 47.3 Å². The molecule has 0 aromatic carbocycles. The Morgan fingerprint density at radius 1 is 1.16 bits per heavy atom. The molecule has 114 valence electrons. The number of rotatable bonds is 4. The second-order valence-corrected chi connectivity index (χ2v) is 7.51. The average Bonchev–Trinajstić information content (AvgIpc) is 2.49. The van der Waals surface area contributed by atoms with Gasteiger partial charge in [-0.25, -0.2) is 0 Å². The summed E-state index contributed by atoms with van der Waals surface area (Å²) in [6.07, 6.45) is 0.712. The molecule has 0 amide bonds. The van der Waals surface area contributed by atoms with Crippen molar-refractivity contribution in [2.24, 2.45) is 0 Å². The summed E-state index contributed by atoms with van der Waals surface area (Å²) in [5, 5.41) is 9.81. The van der Waals surface area contributed by atoms with Crippen molar-refractivity contribution in [3.8, 4) is 0 Å². The second-order valence-electron chi connectivity index (χ2n) is 7.51. The van der Waals surface area contributed by atoms with Crippen molar-refractivity contribution < 1.29 is 19.3 Å². The molecule has 4 nitrogen and oxygen atoms in total. The molecule has 0 bridgehead atoms. The van der Waals surface area contributed by atoms with Crippen LogP contribution in [0.25, 0.3) is 0 Å². The fourth-order valence-corrected chi connectivity index (χ4v) is 2.27. The highest BCUT2D eigenvalue weighted by Gasteiger charge is 2.50. The molecule has 1 unspecified atom stereocenters. The normalized spacial score (nSPS) is 32.8. The Kier molecular flexibility index (Phi) is 5.05. The van der Waals surface area contributed by atoms with Crippen LogP contribution in [0.1, 0.15) is 54.9 Å². The molecule has 1 aliphatic heterocycles. The number of aliphatic hydroxyl groups is 1. The van der Waals surface area contributed by atoms with Gasteiger partial charge in [0, 0.05) is 6.42 Å². The van der Waals surface area contributed by atoms with Gasteiger partial charge >= 0.3 is 0 Å². The van der Waals surface area contributed by atoms with Gasteiger partial charge in [0.15, 0.2) is 0 Å². The largest absolute Gasteiger partial charge is 0.393 e. The minimum atomic E-state index is -0.750. The van der Waals surface area contributed by atoms with Crippen LogP contribution < -0.4 is 0 Å². The molecule has 1 aliphatic rings. The fourth-order valence-electron chi connectivity index (χ4n) is 2.27. The molecule has 1 rings (SSSR count). The van der Waals surface area contributed by atoms with Crippen molar-refractivity contribution in [1.29, 1.82) is 0 Å². The molecule has 1 saturated heterocycles. The van der Waals surface area contributed by atoms with Gasteiger partial charge < -0.3 is 19.3 Å². The van der Waals surface area contributed by atoms with Crippen LogP contribution in [0.15, 0.2) is 0 Å². The van der Waals surface area contributed by atoms with E-state index in [0.717, 1.165) is 6.42 Å². The lowest BCUT2D eigenvalue weighted by molar-refractivity contribution is -0.196.